The first-order chi connectivity index (χ1) is 10.9. The number of anilines is 1. The van der Waals surface area contributed by atoms with E-state index in [2.05, 4.69) is 29.4 Å². The predicted octanol–water partition coefficient (Wildman–Crippen LogP) is 4.35. The van der Waals surface area contributed by atoms with E-state index in [1.54, 1.807) is 43.0 Å². The first-order valence-electron chi connectivity index (χ1n) is 7.13. The Balaban J connectivity index is 1.86. The second kappa shape index (κ2) is 8.52. The Morgan fingerprint density at radius 1 is 1.30 bits per heavy atom. The molecule has 0 aliphatic rings. The Bertz CT molecular complexity index is 646. The number of thioether (sulfide) groups is 1. The first-order valence-corrected chi connectivity index (χ1v) is 9.31. The lowest BCUT2D eigenvalue weighted by Crippen LogP contribution is -2.30. The van der Waals surface area contributed by atoms with Gasteiger partial charge in [0.25, 0.3) is 5.91 Å². The minimum Gasteiger partial charge on any atom is -0.481 e. The molecule has 0 aliphatic heterocycles. The van der Waals surface area contributed by atoms with Crippen LogP contribution in [0.2, 0.25) is 5.02 Å². The number of nitrogens with zero attached hydrogens (tertiary/aromatic N) is 2. The van der Waals surface area contributed by atoms with Gasteiger partial charge in [-0.05, 0) is 37.1 Å². The average molecular weight is 372 g/mol. The van der Waals surface area contributed by atoms with Crippen LogP contribution in [0.25, 0.3) is 0 Å². The molecule has 23 heavy (non-hydrogen) atoms. The topological polar surface area (TPSA) is 64.1 Å². The molecule has 1 aromatic heterocycles. The van der Waals surface area contributed by atoms with Crippen molar-refractivity contribution >= 4 is 45.7 Å². The molecule has 2 aromatic rings. The van der Waals surface area contributed by atoms with E-state index in [0.29, 0.717) is 21.8 Å². The molecule has 0 bridgehead atoms. The van der Waals surface area contributed by atoms with Gasteiger partial charge in [0.2, 0.25) is 5.13 Å². The Morgan fingerprint density at radius 3 is 2.65 bits per heavy atom. The summed E-state index contributed by atoms with van der Waals surface area (Å²) < 4.78 is 6.42. The third kappa shape index (κ3) is 6.01. The molecule has 1 amide bonds. The Hall–Kier alpha value is -1.31. The fourth-order valence-corrected chi connectivity index (χ4v) is 3.39. The lowest BCUT2D eigenvalue weighted by atomic mass is 10.3. The van der Waals surface area contributed by atoms with Crippen LogP contribution in [0.4, 0.5) is 5.13 Å². The quantitative estimate of drug-likeness (QED) is 0.579. The van der Waals surface area contributed by atoms with Crippen molar-refractivity contribution in [3.05, 3.63) is 29.3 Å². The van der Waals surface area contributed by atoms with Crippen LogP contribution in [0.3, 0.4) is 0 Å². The molecule has 1 aromatic carbocycles. The molecular formula is C15H18ClN3O2S2. The van der Waals surface area contributed by atoms with Crippen molar-refractivity contribution in [2.45, 2.75) is 31.2 Å². The fraction of sp³-hybridized carbons (Fsp3) is 0.400. The summed E-state index contributed by atoms with van der Waals surface area (Å²) >= 11 is 8.82. The lowest BCUT2D eigenvalue weighted by molar-refractivity contribution is -0.122. The lowest BCUT2D eigenvalue weighted by Gasteiger charge is -2.13. The highest BCUT2D eigenvalue weighted by atomic mass is 35.5. The molecule has 0 radical (unpaired) electrons. The number of benzene rings is 1. The van der Waals surface area contributed by atoms with E-state index in [0.717, 1.165) is 10.1 Å². The van der Waals surface area contributed by atoms with Gasteiger partial charge in [0.15, 0.2) is 10.4 Å². The summed E-state index contributed by atoms with van der Waals surface area (Å²) in [5.74, 6) is 1.87. The molecule has 0 saturated carbocycles. The molecule has 1 atom stereocenters. The number of amides is 1. The van der Waals surface area contributed by atoms with Crippen LogP contribution in [0.1, 0.15) is 20.8 Å². The summed E-state index contributed by atoms with van der Waals surface area (Å²) in [6.07, 6.45) is -0.646. The van der Waals surface area contributed by atoms with Crippen molar-refractivity contribution in [1.29, 1.82) is 0 Å². The van der Waals surface area contributed by atoms with Gasteiger partial charge >= 0.3 is 0 Å². The van der Waals surface area contributed by atoms with Gasteiger partial charge in [-0.15, -0.1) is 10.2 Å². The molecule has 1 N–H and O–H groups in total. The van der Waals surface area contributed by atoms with Crippen molar-refractivity contribution in [2.75, 3.05) is 11.1 Å². The first kappa shape index (κ1) is 18.0. The van der Waals surface area contributed by atoms with E-state index in [1.165, 1.54) is 11.3 Å². The molecule has 5 nitrogen and oxygen atoms in total. The van der Waals surface area contributed by atoms with Crippen LogP contribution < -0.4 is 10.1 Å². The normalized spacial score (nSPS) is 12.2. The summed E-state index contributed by atoms with van der Waals surface area (Å²) in [7, 11) is 0. The molecular weight excluding hydrogens is 354 g/mol. The largest absolute Gasteiger partial charge is 0.481 e. The average Bonchev–Trinajstić information content (AvgIpc) is 2.95. The third-order valence-corrected chi connectivity index (χ3v) is 5.32. The van der Waals surface area contributed by atoms with E-state index in [9.17, 15) is 4.79 Å². The number of rotatable bonds is 7. The maximum absolute atomic E-state index is 12.1. The summed E-state index contributed by atoms with van der Waals surface area (Å²) in [6, 6.07) is 6.87. The highest BCUT2D eigenvalue weighted by molar-refractivity contribution is 8.01. The van der Waals surface area contributed by atoms with E-state index in [-0.39, 0.29) is 5.91 Å². The minimum atomic E-state index is -0.646. The molecule has 0 fully saturated rings. The number of hydrogen-bond acceptors (Lipinski definition) is 6. The van der Waals surface area contributed by atoms with Crippen molar-refractivity contribution < 1.29 is 9.53 Å². The second-order valence-corrected chi connectivity index (χ2v) is 7.96. The van der Waals surface area contributed by atoms with Crippen molar-refractivity contribution in [3.8, 4) is 5.75 Å². The number of aromatic nitrogens is 2. The molecule has 0 spiro atoms. The summed E-state index contributed by atoms with van der Waals surface area (Å²) in [5, 5.41) is 11.9. The standard InChI is InChI=1S/C15H18ClN3O2S2/c1-9(2)8-22-15-19-18-14(23-15)17-13(20)10(3)21-12-6-4-11(16)5-7-12/h4-7,9-10H,8H2,1-3H3,(H,17,18,20)/t10-/m0/s1. The zero-order chi connectivity index (χ0) is 16.8. The number of halogens is 1. The van der Waals surface area contributed by atoms with Crippen molar-refractivity contribution in [2.24, 2.45) is 5.92 Å². The van der Waals surface area contributed by atoms with Gasteiger partial charge in [0, 0.05) is 10.8 Å². The number of ether oxygens (including phenoxy) is 1. The van der Waals surface area contributed by atoms with E-state index >= 15 is 0 Å². The molecule has 2 rings (SSSR count). The van der Waals surface area contributed by atoms with E-state index < -0.39 is 6.10 Å². The zero-order valence-corrected chi connectivity index (χ0v) is 15.5. The van der Waals surface area contributed by atoms with Gasteiger partial charge in [-0.1, -0.05) is 48.5 Å². The van der Waals surface area contributed by atoms with Gasteiger partial charge in [-0.2, -0.15) is 0 Å². The summed E-state index contributed by atoms with van der Waals surface area (Å²) in [5.41, 5.74) is 0. The molecule has 0 aliphatic carbocycles. The number of hydrogen-bond donors (Lipinski definition) is 1. The fourth-order valence-electron chi connectivity index (χ4n) is 1.53. The maximum Gasteiger partial charge on any atom is 0.266 e. The number of carbonyl (C=O) groups excluding carboxylic acids is 1. The highest BCUT2D eigenvalue weighted by Crippen LogP contribution is 2.27. The number of carbonyl (C=O) groups is 1. The van der Waals surface area contributed by atoms with Crippen LogP contribution >= 0.6 is 34.7 Å². The van der Waals surface area contributed by atoms with Gasteiger partial charge in [-0.3, -0.25) is 10.1 Å². The Kier molecular flexibility index (Phi) is 6.68. The maximum atomic E-state index is 12.1. The van der Waals surface area contributed by atoms with E-state index in [1.807, 2.05) is 0 Å². The van der Waals surface area contributed by atoms with Crippen LogP contribution in [-0.2, 0) is 4.79 Å². The number of nitrogens with one attached hydrogen (secondary N) is 1. The zero-order valence-electron chi connectivity index (χ0n) is 13.1. The SMILES string of the molecule is CC(C)CSc1nnc(NC(=O)[C@H](C)Oc2ccc(Cl)cc2)s1. The second-order valence-electron chi connectivity index (χ2n) is 5.28. The van der Waals surface area contributed by atoms with Gasteiger partial charge < -0.3 is 4.74 Å². The van der Waals surface area contributed by atoms with Gasteiger partial charge in [0.1, 0.15) is 5.75 Å². The van der Waals surface area contributed by atoms with Crippen LogP contribution in [0.15, 0.2) is 28.6 Å². The molecule has 0 unspecified atom stereocenters. The Morgan fingerprint density at radius 2 is 2.00 bits per heavy atom. The van der Waals surface area contributed by atoms with Crippen molar-refractivity contribution in [3.63, 3.8) is 0 Å². The van der Waals surface area contributed by atoms with Crippen molar-refractivity contribution in [1.82, 2.24) is 10.2 Å². The molecule has 1 heterocycles. The third-order valence-electron chi connectivity index (χ3n) is 2.67. The molecule has 8 heteroatoms. The van der Waals surface area contributed by atoms with Crippen LogP contribution in [0, 0.1) is 5.92 Å². The Labute approximate surface area is 148 Å². The summed E-state index contributed by atoms with van der Waals surface area (Å²) in [4.78, 5) is 12.1. The minimum absolute atomic E-state index is 0.267. The smallest absolute Gasteiger partial charge is 0.266 e. The van der Waals surface area contributed by atoms with E-state index in [4.69, 9.17) is 16.3 Å². The molecule has 0 saturated heterocycles. The van der Waals surface area contributed by atoms with Gasteiger partial charge in [0.05, 0.1) is 0 Å². The van der Waals surface area contributed by atoms with Crippen LogP contribution in [-0.4, -0.2) is 28.0 Å². The highest BCUT2D eigenvalue weighted by Gasteiger charge is 2.17. The predicted molar refractivity (Wildman–Crippen MR) is 95.6 cm³/mol. The van der Waals surface area contributed by atoms with Crippen LogP contribution in [0.5, 0.6) is 5.75 Å². The molecule has 124 valence electrons. The van der Waals surface area contributed by atoms with Gasteiger partial charge in [-0.25, -0.2) is 0 Å². The monoisotopic (exact) mass is 371 g/mol. The summed E-state index contributed by atoms with van der Waals surface area (Å²) in [6.45, 7) is 5.97.